The molecular formula is C15H15N3O4. The maximum absolute atomic E-state index is 12.1. The van der Waals surface area contributed by atoms with E-state index in [0.717, 1.165) is 0 Å². The molecule has 7 nitrogen and oxygen atoms in total. The van der Waals surface area contributed by atoms with Gasteiger partial charge in [-0.05, 0) is 24.3 Å². The fraction of sp³-hybridized carbons (Fsp3) is 0.400. The molecule has 0 aromatic heterocycles. The van der Waals surface area contributed by atoms with E-state index in [1.54, 1.807) is 24.3 Å². The normalized spacial score (nSPS) is 19.9. The van der Waals surface area contributed by atoms with E-state index in [1.165, 1.54) is 9.80 Å². The fourth-order valence-corrected chi connectivity index (χ4v) is 2.90. The highest BCUT2D eigenvalue weighted by Crippen LogP contribution is 2.35. The van der Waals surface area contributed by atoms with Gasteiger partial charge in [-0.1, -0.05) is 0 Å². The molecule has 1 aromatic carbocycles. The number of nitriles is 1. The third-order valence-electron chi connectivity index (χ3n) is 4.22. The Morgan fingerprint density at radius 1 is 1.27 bits per heavy atom. The highest BCUT2D eigenvalue weighted by molar-refractivity contribution is 5.90. The van der Waals surface area contributed by atoms with E-state index in [-0.39, 0.29) is 0 Å². The van der Waals surface area contributed by atoms with Crippen LogP contribution in [-0.2, 0) is 4.74 Å². The molecule has 1 aromatic rings. The summed E-state index contributed by atoms with van der Waals surface area (Å²) in [6, 6.07) is 8.77. The first-order valence-corrected chi connectivity index (χ1v) is 7.02. The van der Waals surface area contributed by atoms with E-state index in [2.05, 4.69) is 0 Å². The molecule has 114 valence electrons. The first-order valence-electron chi connectivity index (χ1n) is 7.02. The number of hydrogen-bond acceptors (Lipinski definition) is 4. The minimum atomic E-state index is -0.942. The van der Waals surface area contributed by atoms with E-state index in [0.29, 0.717) is 43.7 Å². The Bertz CT molecular complexity index is 642. The monoisotopic (exact) mass is 301 g/mol. The third kappa shape index (κ3) is 2.44. The van der Waals surface area contributed by atoms with E-state index in [9.17, 15) is 9.59 Å². The lowest BCUT2D eigenvalue weighted by molar-refractivity contribution is 0.00453. The van der Waals surface area contributed by atoms with Gasteiger partial charge in [0.25, 0.3) is 0 Å². The number of piperidine rings is 1. The summed E-state index contributed by atoms with van der Waals surface area (Å²) in [5, 5.41) is 17.8. The van der Waals surface area contributed by atoms with Gasteiger partial charge in [-0.25, -0.2) is 9.59 Å². The predicted octanol–water partition coefficient (Wildman–Crippen LogP) is 2.03. The zero-order valence-electron chi connectivity index (χ0n) is 11.9. The Kier molecular flexibility index (Phi) is 3.37. The zero-order valence-corrected chi connectivity index (χ0v) is 11.9. The van der Waals surface area contributed by atoms with Gasteiger partial charge in [0.2, 0.25) is 0 Å². The molecular weight excluding hydrogens is 286 g/mol. The quantitative estimate of drug-likeness (QED) is 0.856. The minimum Gasteiger partial charge on any atom is -0.465 e. The van der Waals surface area contributed by atoms with E-state index < -0.39 is 17.8 Å². The number of anilines is 1. The van der Waals surface area contributed by atoms with Crippen molar-refractivity contribution in [3.05, 3.63) is 29.8 Å². The molecule has 0 radical (unpaired) electrons. The summed E-state index contributed by atoms with van der Waals surface area (Å²) in [6.45, 7) is 1.14. The second kappa shape index (κ2) is 5.22. The van der Waals surface area contributed by atoms with Gasteiger partial charge >= 0.3 is 12.2 Å². The number of carboxylic acid groups (broad SMARTS) is 1. The van der Waals surface area contributed by atoms with Crippen molar-refractivity contribution in [3.63, 3.8) is 0 Å². The highest BCUT2D eigenvalue weighted by Gasteiger charge is 2.48. The van der Waals surface area contributed by atoms with Crippen LogP contribution < -0.4 is 4.90 Å². The Morgan fingerprint density at radius 3 is 2.45 bits per heavy atom. The molecule has 2 heterocycles. The van der Waals surface area contributed by atoms with Crippen LogP contribution in [0.3, 0.4) is 0 Å². The van der Waals surface area contributed by atoms with Crippen molar-refractivity contribution in [2.24, 2.45) is 0 Å². The van der Waals surface area contributed by atoms with Gasteiger partial charge in [-0.2, -0.15) is 5.26 Å². The lowest BCUT2D eigenvalue weighted by Crippen LogP contribution is -2.48. The van der Waals surface area contributed by atoms with Crippen LogP contribution in [0.25, 0.3) is 0 Å². The first kappa shape index (κ1) is 14.2. The summed E-state index contributed by atoms with van der Waals surface area (Å²) in [7, 11) is 0. The van der Waals surface area contributed by atoms with Crippen molar-refractivity contribution in [1.29, 1.82) is 5.26 Å². The molecule has 1 N–H and O–H groups in total. The first-order chi connectivity index (χ1) is 10.5. The number of rotatable bonds is 1. The molecule has 0 bridgehead atoms. The maximum atomic E-state index is 12.1. The van der Waals surface area contributed by atoms with Gasteiger partial charge in [0.15, 0.2) is 0 Å². The van der Waals surface area contributed by atoms with Crippen LogP contribution in [0.15, 0.2) is 24.3 Å². The molecule has 0 atom stereocenters. The van der Waals surface area contributed by atoms with Crippen molar-refractivity contribution in [2.75, 3.05) is 24.5 Å². The average Bonchev–Trinajstić information content (AvgIpc) is 2.84. The second-order valence-corrected chi connectivity index (χ2v) is 5.57. The lowest BCUT2D eigenvalue weighted by atomic mass is 9.91. The van der Waals surface area contributed by atoms with Gasteiger partial charge in [-0.15, -0.1) is 0 Å². The number of carbonyl (C=O) groups excluding carboxylic acids is 1. The van der Waals surface area contributed by atoms with Gasteiger partial charge in [0.05, 0.1) is 18.2 Å². The smallest absolute Gasteiger partial charge is 0.415 e. The fourth-order valence-electron chi connectivity index (χ4n) is 2.90. The summed E-state index contributed by atoms with van der Waals surface area (Å²) in [6.07, 6.45) is -0.369. The Morgan fingerprint density at radius 2 is 1.91 bits per heavy atom. The molecule has 0 saturated carbocycles. The SMILES string of the molecule is N#Cc1ccc(N2CC3(CCN(C(=O)O)CC3)OC2=O)cc1. The van der Waals surface area contributed by atoms with Crippen LogP contribution >= 0.6 is 0 Å². The van der Waals surface area contributed by atoms with Crippen LogP contribution in [-0.4, -0.2) is 47.4 Å². The Hall–Kier alpha value is -2.75. The van der Waals surface area contributed by atoms with Crippen molar-refractivity contribution < 1.29 is 19.4 Å². The maximum Gasteiger partial charge on any atom is 0.415 e. The van der Waals surface area contributed by atoms with Gasteiger partial charge in [0.1, 0.15) is 5.60 Å². The van der Waals surface area contributed by atoms with Crippen LogP contribution in [0.5, 0.6) is 0 Å². The zero-order chi connectivity index (χ0) is 15.7. The van der Waals surface area contributed by atoms with Crippen molar-refractivity contribution in [3.8, 4) is 6.07 Å². The summed E-state index contributed by atoms with van der Waals surface area (Å²) < 4.78 is 5.54. The highest BCUT2D eigenvalue weighted by atomic mass is 16.6. The minimum absolute atomic E-state index is 0.365. The molecule has 2 aliphatic rings. The van der Waals surface area contributed by atoms with Crippen LogP contribution in [0.4, 0.5) is 15.3 Å². The van der Waals surface area contributed by atoms with Crippen molar-refractivity contribution >= 4 is 17.9 Å². The number of hydrogen-bond donors (Lipinski definition) is 1. The summed E-state index contributed by atoms with van der Waals surface area (Å²) >= 11 is 0. The molecule has 0 unspecified atom stereocenters. The molecule has 1 spiro atoms. The Balaban J connectivity index is 1.73. The molecule has 2 aliphatic heterocycles. The summed E-state index contributed by atoms with van der Waals surface area (Å²) in [5.41, 5.74) is 0.596. The van der Waals surface area contributed by atoms with Gasteiger partial charge in [-0.3, -0.25) is 4.90 Å². The molecule has 22 heavy (non-hydrogen) atoms. The summed E-state index contributed by atoms with van der Waals surface area (Å²) in [5.74, 6) is 0. The molecule has 3 rings (SSSR count). The van der Waals surface area contributed by atoms with E-state index >= 15 is 0 Å². The number of nitrogens with zero attached hydrogens (tertiary/aromatic N) is 3. The van der Waals surface area contributed by atoms with Crippen LogP contribution in [0.2, 0.25) is 0 Å². The van der Waals surface area contributed by atoms with Crippen LogP contribution in [0.1, 0.15) is 18.4 Å². The number of amides is 2. The predicted molar refractivity (Wildman–Crippen MR) is 76.5 cm³/mol. The number of benzene rings is 1. The van der Waals surface area contributed by atoms with Crippen molar-refractivity contribution in [2.45, 2.75) is 18.4 Å². The van der Waals surface area contributed by atoms with Gasteiger partial charge in [0, 0.05) is 31.6 Å². The average molecular weight is 301 g/mol. The van der Waals surface area contributed by atoms with E-state index in [4.69, 9.17) is 15.1 Å². The van der Waals surface area contributed by atoms with Crippen molar-refractivity contribution in [1.82, 2.24) is 4.90 Å². The van der Waals surface area contributed by atoms with E-state index in [1.807, 2.05) is 6.07 Å². The largest absolute Gasteiger partial charge is 0.465 e. The van der Waals surface area contributed by atoms with Gasteiger partial charge < -0.3 is 14.7 Å². The topological polar surface area (TPSA) is 93.9 Å². The molecule has 2 saturated heterocycles. The number of carbonyl (C=O) groups is 2. The Labute approximate surface area is 127 Å². The molecule has 2 amide bonds. The molecule has 0 aliphatic carbocycles. The molecule has 2 fully saturated rings. The second-order valence-electron chi connectivity index (χ2n) is 5.57. The number of ether oxygens (including phenoxy) is 1. The summed E-state index contributed by atoms with van der Waals surface area (Å²) in [4.78, 5) is 26.0. The standard InChI is InChI=1S/C15H15N3O4/c16-9-11-1-3-12(4-2-11)18-10-15(22-14(18)21)5-7-17(8-6-15)13(19)20/h1-4H,5-8,10H2,(H,19,20). The molecule has 7 heteroatoms. The number of likely N-dealkylation sites (tertiary alicyclic amines) is 1. The lowest BCUT2D eigenvalue weighted by Gasteiger charge is -2.35. The third-order valence-corrected chi connectivity index (χ3v) is 4.22. The van der Waals surface area contributed by atoms with Crippen LogP contribution in [0, 0.1) is 11.3 Å².